The number of nitrogens with two attached hydrogens (primary N) is 1. The molecular formula is C12H15FN2O. The normalized spacial score (nSPS) is 15.1. The van der Waals surface area contributed by atoms with Crippen molar-refractivity contribution in [3.8, 4) is 0 Å². The van der Waals surface area contributed by atoms with E-state index in [1.807, 2.05) is 12.1 Å². The second kappa shape index (κ2) is 4.51. The maximum Gasteiger partial charge on any atom is 0.254 e. The van der Waals surface area contributed by atoms with E-state index in [1.165, 1.54) is 0 Å². The summed E-state index contributed by atoms with van der Waals surface area (Å²) in [5.74, 6) is -0.0259. The quantitative estimate of drug-likeness (QED) is 0.790. The molecule has 0 unspecified atom stereocenters. The maximum atomic E-state index is 12.1. The molecule has 1 amide bonds. The molecule has 2 N–H and O–H groups in total. The molecule has 1 heterocycles. The van der Waals surface area contributed by atoms with Crippen LogP contribution in [0.1, 0.15) is 22.3 Å². The molecule has 86 valence electrons. The van der Waals surface area contributed by atoms with Gasteiger partial charge in [0, 0.05) is 24.3 Å². The standard InChI is InChI=1S/C12H15FN2O/c13-5-1-6-15-7-4-9-2-3-10(14)8-11(9)12(15)16/h2-3,8H,1,4-7,14H2. The first kappa shape index (κ1) is 10.9. The maximum absolute atomic E-state index is 12.1. The molecule has 0 fully saturated rings. The number of halogens is 1. The minimum Gasteiger partial charge on any atom is -0.399 e. The molecule has 0 aromatic heterocycles. The van der Waals surface area contributed by atoms with Crippen LogP contribution in [0.15, 0.2) is 18.2 Å². The molecule has 0 saturated heterocycles. The average Bonchev–Trinajstić information content (AvgIpc) is 2.29. The van der Waals surface area contributed by atoms with Gasteiger partial charge in [-0.2, -0.15) is 0 Å². The van der Waals surface area contributed by atoms with E-state index in [4.69, 9.17) is 5.73 Å². The van der Waals surface area contributed by atoms with Crippen molar-refractivity contribution in [3.05, 3.63) is 29.3 Å². The summed E-state index contributed by atoms with van der Waals surface area (Å²) in [7, 11) is 0. The highest BCUT2D eigenvalue weighted by molar-refractivity contribution is 5.97. The van der Waals surface area contributed by atoms with Crippen LogP contribution in [0, 0.1) is 0 Å². The van der Waals surface area contributed by atoms with Gasteiger partial charge >= 0.3 is 0 Å². The zero-order valence-electron chi connectivity index (χ0n) is 9.08. The summed E-state index contributed by atoms with van der Waals surface area (Å²) in [4.78, 5) is 13.7. The van der Waals surface area contributed by atoms with Crippen molar-refractivity contribution in [2.75, 3.05) is 25.5 Å². The molecule has 4 heteroatoms. The van der Waals surface area contributed by atoms with E-state index in [0.717, 1.165) is 12.0 Å². The van der Waals surface area contributed by atoms with Crippen LogP contribution in [0.2, 0.25) is 0 Å². The Bertz CT molecular complexity index is 406. The van der Waals surface area contributed by atoms with Crippen molar-refractivity contribution < 1.29 is 9.18 Å². The van der Waals surface area contributed by atoms with E-state index < -0.39 is 0 Å². The Morgan fingerprint density at radius 3 is 3.00 bits per heavy atom. The van der Waals surface area contributed by atoms with E-state index in [1.54, 1.807) is 11.0 Å². The number of nitrogen functional groups attached to an aromatic ring is 1. The van der Waals surface area contributed by atoms with Crippen molar-refractivity contribution in [2.24, 2.45) is 0 Å². The van der Waals surface area contributed by atoms with Gasteiger partial charge in [0.25, 0.3) is 5.91 Å². The third-order valence-electron chi connectivity index (χ3n) is 2.86. The van der Waals surface area contributed by atoms with Gasteiger partial charge in [0.1, 0.15) is 0 Å². The summed E-state index contributed by atoms with van der Waals surface area (Å²) in [5.41, 5.74) is 7.96. The molecule has 0 aliphatic carbocycles. The molecule has 1 aliphatic rings. The molecule has 16 heavy (non-hydrogen) atoms. The third-order valence-corrected chi connectivity index (χ3v) is 2.86. The smallest absolute Gasteiger partial charge is 0.254 e. The first-order valence-corrected chi connectivity index (χ1v) is 5.46. The first-order valence-electron chi connectivity index (χ1n) is 5.46. The van der Waals surface area contributed by atoms with Gasteiger partial charge in [-0.1, -0.05) is 6.07 Å². The Balaban J connectivity index is 2.20. The van der Waals surface area contributed by atoms with Crippen LogP contribution < -0.4 is 5.73 Å². The van der Waals surface area contributed by atoms with Gasteiger partial charge in [-0.25, -0.2) is 0 Å². The summed E-state index contributed by atoms with van der Waals surface area (Å²) >= 11 is 0. The van der Waals surface area contributed by atoms with Gasteiger partial charge in [0.05, 0.1) is 6.67 Å². The average molecular weight is 222 g/mol. The summed E-state index contributed by atoms with van der Waals surface area (Å²) in [6.45, 7) is 0.785. The number of alkyl halides is 1. The molecule has 0 spiro atoms. The second-order valence-electron chi connectivity index (χ2n) is 4.00. The molecule has 2 rings (SSSR count). The molecule has 1 aliphatic heterocycles. The highest BCUT2D eigenvalue weighted by atomic mass is 19.1. The zero-order chi connectivity index (χ0) is 11.5. The van der Waals surface area contributed by atoms with E-state index in [0.29, 0.717) is 30.8 Å². The van der Waals surface area contributed by atoms with E-state index >= 15 is 0 Å². The number of hydrogen-bond donors (Lipinski definition) is 1. The summed E-state index contributed by atoms with van der Waals surface area (Å²) < 4.78 is 12.1. The number of fused-ring (bicyclic) bond motifs is 1. The van der Waals surface area contributed by atoms with E-state index in [-0.39, 0.29) is 12.6 Å². The molecule has 1 aromatic carbocycles. The molecule has 0 bridgehead atoms. The minimum atomic E-state index is -0.381. The van der Waals surface area contributed by atoms with E-state index in [9.17, 15) is 9.18 Å². The van der Waals surface area contributed by atoms with Crippen LogP contribution >= 0.6 is 0 Å². The van der Waals surface area contributed by atoms with Crippen molar-refractivity contribution in [1.82, 2.24) is 4.90 Å². The van der Waals surface area contributed by atoms with Gasteiger partial charge in [0.15, 0.2) is 0 Å². The van der Waals surface area contributed by atoms with Crippen molar-refractivity contribution in [1.29, 1.82) is 0 Å². The fraction of sp³-hybridized carbons (Fsp3) is 0.417. The van der Waals surface area contributed by atoms with Crippen LogP contribution in [0.3, 0.4) is 0 Å². The number of carbonyl (C=O) groups is 1. The molecule has 0 radical (unpaired) electrons. The van der Waals surface area contributed by atoms with Crippen LogP contribution in [-0.4, -0.2) is 30.6 Å². The monoisotopic (exact) mass is 222 g/mol. The second-order valence-corrected chi connectivity index (χ2v) is 4.00. The topological polar surface area (TPSA) is 46.3 Å². The number of hydrogen-bond acceptors (Lipinski definition) is 2. The molecule has 1 aromatic rings. The zero-order valence-corrected chi connectivity index (χ0v) is 9.08. The summed E-state index contributed by atoms with van der Waals surface area (Å²) in [6.07, 6.45) is 1.23. The SMILES string of the molecule is Nc1ccc2c(c1)C(=O)N(CCCF)CC2. The van der Waals surface area contributed by atoms with Crippen LogP contribution in [0.5, 0.6) is 0 Å². The Morgan fingerprint density at radius 2 is 2.25 bits per heavy atom. The predicted molar refractivity (Wildman–Crippen MR) is 61.1 cm³/mol. The lowest BCUT2D eigenvalue weighted by molar-refractivity contribution is 0.0735. The number of nitrogens with zero attached hydrogens (tertiary/aromatic N) is 1. The van der Waals surface area contributed by atoms with Crippen molar-refractivity contribution >= 4 is 11.6 Å². The Kier molecular flexibility index (Phi) is 3.08. The first-order chi connectivity index (χ1) is 7.72. The van der Waals surface area contributed by atoms with Crippen molar-refractivity contribution in [2.45, 2.75) is 12.8 Å². The Labute approximate surface area is 94.0 Å². The summed E-state index contributed by atoms with van der Waals surface area (Å²) in [6, 6.07) is 5.41. The van der Waals surface area contributed by atoms with Crippen molar-refractivity contribution in [3.63, 3.8) is 0 Å². The number of amides is 1. The van der Waals surface area contributed by atoms with Crippen LogP contribution in [0.25, 0.3) is 0 Å². The highest BCUT2D eigenvalue weighted by Crippen LogP contribution is 2.21. The number of anilines is 1. The largest absolute Gasteiger partial charge is 0.399 e. The van der Waals surface area contributed by atoms with E-state index in [2.05, 4.69) is 0 Å². The summed E-state index contributed by atoms with van der Waals surface area (Å²) in [5, 5.41) is 0. The van der Waals surface area contributed by atoms with Gasteiger partial charge in [0.2, 0.25) is 0 Å². The fourth-order valence-corrected chi connectivity index (χ4v) is 2.00. The molecular weight excluding hydrogens is 207 g/mol. The van der Waals surface area contributed by atoms with Gasteiger partial charge in [-0.05, 0) is 30.5 Å². The van der Waals surface area contributed by atoms with Crippen LogP contribution in [0.4, 0.5) is 10.1 Å². The Morgan fingerprint density at radius 1 is 1.44 bits per heavy atom. The number of benzene rings is 1. The fourth-order valence-electron chi connectivity index (χ4n) is 2.00. The lowest BCUT2D eigenvalue weighted by Gasteiger charge is -2.28. The third kappa shape index (κ3) is 2.01. The molecule has 0 atom stereocenters. The van der Waals surface area contributed by atoms with Crippen LogP contribution in [-0.2, 0) is 6.42 Å². The van der Waals surface area contributed by atoms with Gasteiger partial charge in [-0.15, -0.1) is 0 Å². The number of rotatable bonds is 3. The molecule has 0 saturated carbocycles. The van der Waals surface area contributed by atoms with Gasteiger partial charge in [-0.3, -0.25) is 9.18 Å². The minimum absolute atomic E-state index is 0.0259. The van der Waals surface area contributed by atoms with Gasteiger partial charge < -0.3 is 10.6 Å². The Hall–Kier alpha value is -1.58. The molecule has 3 nitrogen and oxygen atoms in total. The number of carbonyl (C=O) groups excluding carboxylic acids is 1. The highest BCUT2D eigenvalue weighted by Gasteiger charge is 2.23. The lowest BCUT2D eigenvalue weighted by Crippen LogP contribution is -2.38. The lowest BCUT2D eigenvalue weighted by atomic mass is 9.98. The predicted octanol–water partition coefficient (Wildman–Crippen LogP) is 1.63.